The molecule has 16 heavy (non-hydrogen) atoms. The van der Waals surface area contributed by atoms with Crippen LogP contribution in [0.1, 0.15) is 26.7 Å². The monoisotopic (exact) mass is 284 g/mol. The third kappa shape index (κ3) is 2.45. The number of hydrogen-bond donors (Lipinski definition) is 1. The number of halogens is 1. The summed E-state index contributed by atoms with van der Waals surface area (Å²) in [5.41, 5.74) is 5.74. The first kappa shape index (κ1) is 11.6. The van der Waals surface area contributed by atoms with Gasteiger partial charge in [-0.15, -0.1) is 0 Å². The molecular weight excluding hydrogens is 268 g/mol. The Balaban J connectivity index is 2.27. The molecule has 1 aliphatic heterocycles. The smallest absolute Gasteiger partial charge is 0.228 e. The van der Waals surface area contributed by atoms with Gasteiger partial charge in [-0.2, -0.15) is 4.98 Å². The number of nitrogen functional groups attached to an aromatic ring is 1. The normalized spacial score (nSPS) is 25.8. The summed E-state index contributed by atoms with van der Waals surface area (Å²) in [6, 6.07) is 2.21. The Morgan fingerprint density at radius 2 is 2.12 bits per heavy atom. The van der Waals surface area contributed by atoms with E-state index < -0.39 is 0 Å². The van der Waals surface area contributed by atoms with Crippen LogP contribution in [0.3, 0.4) is 0 Å². The van der Waals surface area contributed by atoms with Crippen molar-refractivity contribution in [3.63, 3.8) is 0 Å². The summed E-state index contributed by atoms with van der Waals surface area (Å²) in [6.07, 6.45) is 2.47. The van der Waals surface area contributed by atoms with E-state index in [0.29, 0.717) is 17.8 Å². The predicted molar refractivity (Wildman–Crippen MR) is 69.4 cm³/mol. The highest BCUT2D eigenvalue weighted by Gasteiger charge is 2.25. The zero-order valence-corrected chi connectivity index (χ0v) is 11.2. The minimum atomic E-state index is 0.491. The minimum Gasteiger partial charge on any atom is -0.383 e. The van der Waals surface area contributed by atoms with Gasteiger partial charge in [0.2, 0.25) is 5.95 Å². The first-order valence-electron chi connectivity index (χ1n) is 5.63. The van der Waals surface area contributed by atoms with E-state index in [-0.39, 0.29) is 0 Å². The molecule has 4 nitrogen and oxygen atoms in total. The molecule has 2 unspecified atom stereocenters. The maximum Gasteiger partial charge on any atom is 0.228 e. The maximum absolute atomic E-state index is 5.74. The van der Waals surface area contributed by atoms with Crippen LogP contribution in [-0.2, 0) is 0 Å². The van der Waals surface area contributed by atoms with Gasteiger partial charge in [0.25, 0.3) is 0 Å². The quantitative estimate of drug-likeness (QED) is 0.805. The van der Waals surface area contributed by atoms with Gasteiger partial charge >= 0.3 is 0 Å². The molecule has 1 aromatic heterocycles. The van der Waals surface area contributed by atoms with Crippen molar-refractivity contribution in [1.29, 1.82) is 0 Å². The SMILES string of the molecule is CC1CCC(C)N(c2nc(N)cc(Br)n2)C1. The number of aromatic nitrogens is 2. The Hall–Kier alpha value is -0.840. The van der Waals surface area contributed by atoms with Crippen LogP contribution < -0.4 is 10.6 Å². The molecular formula is C11H17BrN4. The van der Waals surface area contributed by atoms with Crippen LogP contribution in [0.15, 0.2) is 10.7 Å². The molecule has 2 rings (SSSR count). The second kappa shape index (κ2) is 4.57. The van der Waals surface area contributed by atoms with Crippen molar-refractivity contribution in [2.24, 2.45) is 5.92 Å². The molecule has 0 saturated carbocycles. The van der Waals surface area contributed by atoms with E-state index in [1.807, 2.05) is 0 Å². The molecule has 5 heteroatoms. The zero-order valence-electron chi connectivity index (χ0n) is 9.65. The van der Waals surface area contributed by atoms with Gasteiger partial charge < -0.3 is 10.6 Å². The minimum absolute atomic E-state index is 0.491. The van der Waals surface area contributed by atoms with E-state index in [4.69, 9.17) is 5.73 Å². The third-order valence-electron chi connectivity index (χ3n) is 3.08. The summed E-state index contributed by atoms with van der Waals surface area (Å²) in [7, 11) is 0. The van der Waals surface area contributed by atoms with Crippen molar-refractivity contribution in [3.8, 4) is 0 Å². The summed E-state index contributed by atoms with van der Waals surface area (Å²) in [6.45, 7) is 5.49. The summed E-state index contributed by atoms with van der Waals surface area (Å²) in [5, 5.41) is 0. The lowest BCUT2D eigenvalue weighted by atomic mass is 9.95. The van der Waals surface area contributed by atoms with Crippen LogP contribution in [0.25, 0.3) is 0 Å². The maximum atomic E-state index is 5.74. The van der Waals surface area contributed by atoms with E-state index in [1.165, 1.54) is 12.8 Å². The van der Waals surface area contributed by atoms with Gasteiger partial charge in [0, 0.05) is 18.7 Å². The first-order chi connectivity index (χ1) is 7.56. The topological polar surface area (TPSA) is 55.0 Å². The van der Waals surface area contributed by atoms with Crippen LogP contribution in [0.4, 0.5) is 11.8 Å². The summed E-state index contributed by atoms with van der Waals surface area (Å²) < 4.78 is 0.750. The second-order valence-corrected chi connectivity index (χ2v) is 5.41. The Morgan fingerprint density at radius 1 is 1.38 bits per heavy atom. The number of hydrogen-bond acceptors (Lipinski definition) is 4. The molecule has 0 aromatic carbocycles. The molecule has 0 spiro atoms. The van der Waals surface area contributed by atoms with E-state index in [9.17, 15) is 0 Å². The number of piperidine rings is 1. The predicted octanol–water partition coefficient (Wildman–Crippen LogP) is 2.45. The fourth-order valence-electron chi connectivity index (χ4n) is 2.12. The molecule has 1 saturated heterocycles. The molecule has 0 bridgehead atoms. The van der Waals surface area contributed by atoms with Crippen molar-refractivity contribution in [2.45, 2.75) is 32.7 Å². The molecule has 2 heterocycles. The molecule has 1 aliphatic rings. The molecule has 2 N–H and O–H groups in total. The van der Waals surface area contributed by atoms with Crippen LogP contribution in [0, 0.1) is 5.92 Å². The lowest BCUT2D eigenvalue weighted by Crippen LogP contribution is -2.42. The van der Waals surface area contributed by atoms with Gasteiger partial charge in [0.05, 0.1) is 0 Å². The molecule has 1 aromatic rings. The highest BCUT2D eigenvalue weighted by atomic mass is 79.9. The molecule has 0 radical (unpaired) electrons. The van der Waals surface area contributed by atoms with Crippen LogP contribution in [-0.4, -0.2) is 22.6 Å². The number of anilines is 2. The molecule has 0 aliphatic carbocycles. The zero-order chi connectivity index (χ0) is 11.7. The average molecular weight is 285 g/mol. The van der Waals surface area contributed by atoms with Crippen molar-refractivity contribution in [2.75, 3.05) is 17.2 Å². The molecule has 1 fully saturated rings. The fraction of sp³-hybridized carbons (Fsp3) is 0.636. The van der Waals surface area contributed by atoms with Crippen molar-refractivity contribution >= 4 is 27.7 Å². The van der Waals surface area contributed by atoms with Gasteiger partial charge in [0.1, 0.15) is 10.4 Å². The Bertz CT molecular complexity index is 362. The Kier molecular flexibility index (Phi) is 3.33. The van der Waals surface area contributed by atoms with Crippen molar-refractivity contribution < 1.29 is 0 Å². The molecule has 2 atom stereocenters. The van der Waals surface area contributed by atoms with E-state index in [0.717, 1.165) is 17.1 Å². The van der Waals surface area contributed by atoms with Gasteiger partial charge in [-0.05, 0) is 41.6 Å². The average Bonchev–Trinajstić information content (AvgIpc) is 2.20. The van der Waals surface area contributed by atoms with Gasteiger partial charge in [-0.1, -0.05) is 6.92 Å². The number of nitrogens with zero attached hydrogens (tertiary/aromatic N) is 3. The van der Waals surface area contributed by atoms with E-state index in [1.54, 1.807) is 6.07 Å². The largest absolute Gasteiger partial charge is 0.383 e. The van der Waals surface area contributed by atoms with Crippen LogP contribution in [0.2, 0.25) is 0 Å². The highest BCUT2D eigenvalue weighted by molar-refractivity contribution is 9.10. The highest BCUT2D eigenvalue weighted by Crippen LogP contribution is 2.26. The lowest BCUT2D eigenvalue weighted by Gasteiger charge is -2.36. The standard InChI is InChI=1S/C11H17BrN4/c1-7-3-4-8(2)16(6-7)11-14-9(12)5-10(13)15-11/h5,7-8H,3-4,6H2,1-2H3,(H2,13,14,15). The number of nitrogens with two attached hydrogens (primary N) is 1. The summed E-state index contributed by atoms with van der Waals surface area (Å²) in [5.74, 6) is 1.95. The summed E-state index contributed by atoms with van der Waals surface area (Å²) >= 11 is 3.36. The molecule has 88 valence electrons. The van der Waals surface area contributed by atoms with E-state index >= 15 is 0 Å². The van der Waals surface area contributed by atoms with E-state index in [2.05, 4.69) is 44.6 Å². The van der Waals surface area contributed by atoms with Crippen LogP contribution >= 0.6 is 15.9 Å². The summed E-state index contributed by atoms with van der Waals surface area (Å²) in [4.78, 5) is 10.9. The molecule has 0 amide bonds. The van der Waals surface area contributed by atoms with Crippen molar-refractivity contribution in [3.05, 3.63) is 10.7 Å². The Labute approximate surface area is 104 Å². The third-order valence-corrected chi connectivity index (χ3v) is 3.48. The van der Waals surface area contributed by atoms with Crippen molar-refractivity contribution in [1.82, 2.24) is 9.97 Å². The number of rotatable bonds is 1. The fourth-order valence-corrected chi connectivity index (χ4v) is 2.51. The van der Waals surface area contributed by atoms with Gasteiger partial charge in [0.15, 0.2) is 0 Å². The first-order valence-corrected chi connectivity index (χ1v) is 6.42. The van der Waals surface area contributed by atoms with Gasteiger partial charge in [-0.25, -0.2) is 4.98 Å². The second-order valence-electron chi connectivity index (χ2n) is 4.60. The van der Waals surface area contributed by atoms with Crippen LogP contribution in [0.5, 0.6) is 0 Å². The Morgan fingerprint density at radius 3 is 2.81 bits per heavy atom. The van der Waals surface area contributed by atoms with Gasteiger partial charge in [-0.3, -0.25) is 0 Å². The lowest BCUT2D eigenvalue weighted by molar-refractivity contribution is 0.385.